The summed E-state index contributed by atoms with van der Waals surface area (Å²) in [5.41, 5.74) is 2.10. The lowest BCUT2D eigenvalue weighted by molar-refractivity contribution is -0.136. The molecule has 8 heteroatoms. The Hall–Kier alpha value is -2.61. The van der Waals surface area contributed by atoms with Crippen molar-refractivity contribution in [1.82, 2.24) is 20.5 Å². The van der Waals surface area contributed by atoms with Crippen LogP contribution in [0.4, 0.5) is 0 Å². The number of aromatic nitrogens is 1. The van der Waals surface area contributed by atoms with E-state index >= 15 is 0 Å². The molecule has 24 heavy (non-hydrogen) atoms. The van der Waals surface area contributed by atoms with Crippen molar-refractivity contribution in [1.29, 1.82) is 0 Å². The average molecular weight is 328 g/mol. The number of hydrogen-bond donors (Lipinski definition) is 2. The van der Waals surface area contributed by atoms with Crippen molar-refractivity contribution >= 4 is 23.6 Å². The van der Waals surface area contributed by atoms with Gasteiger partial charge in [0.25, 0.3) is 11.8 Å². The monoisotopic (exact) mass is 328 g/mol. The predicted octanol–water partition coefficient (Wildman–Crippen LogP) is -0.481. The van der Waals surface area contributed by atoms with E-state index in [0.717, 1.165) is 35.5 Å². The lowest BCUT2D eigenvalue weighted by Crippen LogP contribution is -2.54. The number of rotatable bonds is 1. The topological polar surface area (TPSA) is 108 Å². The third-order valence-corrected chi connectivity index (χ3v) is 4.67. The molecule has 4 heterocycles. The Balaban J connectivity index is 1.71. The van der Waals surface area contributed by atoms with Crippen LogP contribution in [-0.2, 0) is 22.6 Å². The van der Waals surface area contributed by atoms with Crippen molar-refractivity contribution in [2.75, 3.05) is 6.54 Å². The Kier molecular flexibility index (Phi) is 3.42. The molecular formula is C16H16N4O4. The van der Waals surface area contributed by atoms with Crippen molar-refractivity contribution in [2.24, 2.45) is 0 Å². The molecule has 0 saturated carbocycles. The third kappa shape index (κ3) is 2.22. The van der Waals surface area contributed by atoms with Gasteiger partial charge in [-0.3, -0.25) is 29.4 Å². The second kappa shape index (κ2) is 5.48. The molecule has 1 unspecified atom stereocenters. The van der Waals surface area contributed by atoms with E-state index in [-0.39, 0.29) is 30.0 Å². The molecule has 1 saturated heterocycles. The number of nitrogens with one attached hydrogen (secondary N) is 2. The van der Waals surface area contributed by atoms with Gasteiger partial charge in [-0.05, 0) is 37.4 Å². The smallest absolute Gasteiger partial charge is 0.280 e. The molecule has 1 atom stereocenters. The minimum absolute atomic E-state index is 0.109. The summed E-state index contributed by atoms with van der Waals surface area (Å²) in [7, 11) is 0. The standard InChI is InChI=1S/C16H16N4O4/c21-12-4-3-11(14(22)19-12)20-15(23)9-6-8-7-17-5-1-2-10(8)18-13(9)16(20)24/h6,11,17H,1-5,7H2,(H,19,21,22). The SMILES string of the molecule is O=C1CCC(N2C(=O)c3cc4c(nc3C2=O)CCCNC4)C(=O)N1. The van der Waals surface area contributed by atoms with Crippen molar-refractivity contribution in [3.63, 3.8) is 0 Å². The van der Waals surface area contributed by atoms with Gasteiger partial charge in [-0.25, -0.2) is 4.98 Å². The number of carbonyl (C=O) groups excluding carboxylic acids is 4. The second-order valence-corrected chi connectivity index (χ2v) is 6.22. The molecule has 1 aromatic heterocycles. The fourth-order valence-electron chi connectivity index (χ4n) is 3.44. The number of piperidine rings is 1. The molecule has 2 N–H and O–H groups in total. The highest BCUT2D eigenvalue weighted by molar-refractivity contribution is 6.22. The molecule has 4 rings (SSSR count). The molecule has 4 amide bonds. The first-order chi connectivity index (χ1) is 11.6. The highest BCUT2D eigenvalue weighted by Crippen LogP contribution is 2.28. The van der Waals surface area contributed by atoms with Crippen LogP contribution in [0, 0.1) is 0 Å². The molecule has 3 aliphatic rings. The van der Waals surface area contributed by atoms with Crippen LogP contribution in [0.25, 0.3) is 0 Å². The molecule has 0 radical (unpaired) electrons. The Labute approximate surface area is 137 Å². The van der Waals surface area contributed by atoms with Crippen LogP contribution in [0.15, 0.2) is 6.07 Å². The third-order valence-electron chi connectivity index (χ3n) is 4.67. The molecule has 1 fully saturated rings. The Morgan fingerprint density at radius 1 is 1.12 bits per heavy atom. The van der Waals surface area contributed by atoms with Gasteiger partial charge in [0.1, 0.15) is 11.7 Å². The first-order valence-electron chi connectivity index (χ1n) is 8.01. The fourth-order valence-corrected chi connectivity index (χ4v) is 3.44. The lowest BCUT2D eigenvalue weighted by atomic mass is 10.0. The minimum Gasteiger partial charge on any atom is -0.313 e. The van der Waals surface area contributed by atoms with Gasteiger partial charge in [0.05, 0.1) is 5.56 Å². The van der Waals surface area contributed by atoms with E-state index in [1.54, 1.807) is 6.07 Å². The second-order valence-electron chi connectivity index (χ2n) is 6.22. The molecule has 0 spiro atoms. The van der Waals surface area contributed by atoms with Crippen LogP contribution >= 0.6 is 0 Å². The summed E-state index contributed by atoms with van der Waals surface area (Å²) in [5, 5.41) is 5.44. The minimum atomic E-state index is -0.949. The summed E-state index contributed by atoms with van der Waals surface area (Å²) in [6, 6.07) is 0.761. The number of aryl methyl sites for hydroxylation is 1. The molecule has 3 aliphatic heterocycles. The number of nitrogens with zero attached hydrogens (tertiary/aromatic N) is 2. The molecule has 8 nitrogen and oxygen atoms in total. The largest absolute Gasteiger partial charge is 0.313 e. The van der Waals surface area contributed by atoms with Crippen LogP contribution in [0.1, 0.15) is 51.4 Å². The van der Waals surface area contributed by atoms with Gasteiger partial charge in [-0.15, -0.1) is 0 Å². The summed E-state index contributed by atoms with van der Waals surface area (Å²) >= 11 is 0. The lowest BCUT2D eigenvalue weighted by Gasteiger charge is -2.27. The highest BCUT2D eigenvalue weighted by atomic mass is 16.2. The van der Waals surface area contributed by atoms with E-state index in [1.807, 2.05) is 0 Å². The Morgan fingerprint density at radius 3 is 2.75 bits per heavy atom. The predicted molar refractivity (Wildman–Crippen MR) is 80.9 cm³/mol. The normalized spacial score (nSPS) is 23.7. The van der Waals surface area contributed by atoms with Crippen LogP contribution in [0.2, 0.25) is 0 Å². The first-order valence-corrected chi connectivity index (χ1v) is 8.01. The van der Waals surface area contributed by atoms with Crippen LogP contribution in [0.3, 0.4) is 0 Å². The zero-order valence-corrected chi connectivity index (χ0v) is 12.9. The summed E-state index contributed by atoms with van der Waals surface area (Å²) in [6.07, 6.45) is 1.92. The maximum atomic E-state index is 12.7. The number of hydrogen-bond acceptors (Lipinski definition) is 6. The molecule has 0 bridgehead atoms. The quantitative estimate of drug-likeness (QED) is 0.674. The summed E-state index contributed by atoms with van der Waals surface area (Å²) in [5.74, 6) is -2.05. The van der Waals surface area contributed by atoms with Gasteiger partial charge in [0.2, 0.25) is 11.8 Å². The zero-order valence-electron chi connectivity index (χ0n) is 12.9. The first kappa shape index (κ1) is 14.9. The van der Waals surface area contributed by atoms with E-state index in [9.17, 15) is 19.2 Å². The number of fused-ring (bicyclic) bond motifs is 2. The van der Waals surface area contributed by atoms with Gasteiger partial charge in [-0.1, -0.05) is 0 Å². The summed E-state index contributed by atoms with van der Waals surface area (Å²) in [4.78, 5) is 54.0. The Bertz CT molecular complexity index is 744. The summed E-state index contributed by atoms with van der Waals surface area (Å²) in [6.45, 7) is 1.47. The van der Waals surface area contributed by atoms with Crippen molar-refractivity contribution < 1.29 is 19.2 Å². The number of pyridine rings is 1. The van der Waals surface area contributed by atoms with E-state index in [0.29, 0.717) is 6.54 Å². The van der Waals surface area contributed by atoms with Gasteiger partial charge in [0.15, 0.2) is 0 Å². The van der Waals surface area contributed by atoms with E-state index in [2.05, 4.69) is 15.6 Å². The van der Waals surface area contributed by atoms with E-state index < -0.39 is 23.8 Å². The maximum absolute atomic E-state index is 12.7. The van der Waals surface area contributed by atoms with Crippen molar-refractivity contribution in [2.45, 2.75) is 38.3 Å². The van der Waals surface area contributed by atoms with Crippen LogP contribution in [0.5, 0.6) is 0 Å². The van der Waals surface area contributed by atoms with E-state index in [4.69, 9.17) is 0 Å². The highest BCUT2D eigenvalue weighted by Gasteiger charge is 2.45. The molecule has 1 aromatic rings. The van der Waals surface area contributed by atoms with Crippen LogP contribution in [-0.4, -0.2) is 46.1 Å². The molecule has 0 aliphatic carbocycles. The van der Waals surface area contributed by atoms with Gasteiger partial charge >= 0.3 is 0 Å². The van der Waals surface area contributed by atoms with Gasteiger partial charge < -0.3 is 5.32 Å². The average Bonchev–Trinajstić information content (AvgIpc) is 2.72. The summed E-state index contributed by atoms with van der Waals surface area (Å²) < 4.78 is 0. The number of amides is 4. The maximum Gasteiger partial charge on any atom is 0.280 e. The van der Waals surface area contributed by atoms with E-state index in [1.165, 1.54) is 0 Å². The Morgan fingerprint density at radius 2 is 1.96 bits per heavy atom. The van der Waals surface area contributed by atoms with Gasteiger partial charge in [0, 0.05) is 18.7 Å². The number of carbonyl (C=O) groups is 4. The number of imide groups is 2. The molecule has 124 valence electrons. The van der Waals surface area contributed by atoms with Crippen molar-refractivity contribution in [3.05, 3.63) is 28.6 Å². The molecular weight excluding hydrogens is 312 g/mol. The van der Waals surface area contributed by atoms with Crippen LogP contribution < -0.4 is 10.6 Å². The van der Waals surface area contributed by atoms with Crippen molar-refractivity contribution in [3.8, 4) is 0 Å². The zero-order chi connectivity index (χ0) is 16.8. The fraction of sp³-hybridized carbons (Fsp3) is 0.438. The molecule has 0 aromatic carbocycles. The van der Waals surface area contributed by atoms with Gasteiger partial charge in [-0.2, -0.15) is 0 Å².